The molecule has 1 aromatic heterocycles. The van der Waals surface area contributed by atoms with Gasteiger partial charge in [0.05, 0.1) is 16.3 Å². The van der Waals surface area contributed by atoms with Crippen LogP contribution in [0.5, 0.6) is 0 Å². The fraction of sp³-hybridized carbons (Fsp3) is 0.167. The molecule has 1 heterocycles. The largest absolute Gasteiger partial charge is 0.366 e. The van der Waals surface area contributed by atoms with Crippen molar-refractivity contribution in [3.8, 4) is 0 Å². The minimum absolute atomic E-state index is 0.142. The Balaban J connectivity index is 2.26. The molecule has 2 aromatic rings. The zero-order valence-electron chi connectivity index (χ0n) is 10.3. The number of carbonyl (C=O) groups excluding carboxylic acids is 1. The summed E-state index contributed by atoms with van der Waals surface area (Å²) in [5.74, 6) is -0.766. The Bertz CT molecular complexity index is 702. The van der Waals surface area contributed by atoms with Crippen molar-refractivity contribution >= 4 is 15.7 Å². The number of amides is 1. The molecule has 0 atom stereocenters. The number of hydrogen-bond donors (Lipinski definition) is 1. The summed E-state index contributed by atoms with van der Waals surface area (Å²) in [6, 6.07) is 7.19. The van der Waals surface area contributed by atoms with Gasteiger partial charge in [0.2, 0.25) is 5.91 Å². The summed E-state index contributed by atoms with van der Waals surface area (Å²) in [5, 5.41) is 4.03. The second-order valence-electron chi connectivity index (χ2n) is 4.13. The van der Waals surface area contributed by atoms with Crippen molar-refractivity contribution in [1.82, 2.24) is 9.78 Å². The average Bonchev–Trinajstić information content (AvgIpc) is 2.74. The maximum Gasteiger partial charge on any atom is 0.248 e. The summed E-state index contributed by atoms with van der Waals surface area (Å²) in [4.78, 5) is 11.1. The molecule has 0 saturated carbocycles. The number of nitrogens with zero attached hydrogens (tertiary/aromatic N) is 2. The first-order valence-corrected chi connectivity index (χ1v) is 7.15. The summed E-state index contributed by atoms with van der Waals surface area (Å²) in [7, 11) is -1.75. The Hall–Kier alpha value is -2.15. The van der Waals surface area contributed by atoms with Crippen LogP contribution in [0.15, 0.2) is 41.4 Å². The number of sulfone groups is 1. The highest BCUT2D eigenvalue weighted by atomic mass is 32.2. The monoisotopic (exact) mass is 279 g/mol. The molecular weight excluding hydrogens is 266 g/mol. The summed E-state index contributed by atoms with van der Waals surface area (Å²) in [6.45, 7) is 0. The lowest BCUT2D eigenvalue weighted by Crippen LogP contribution is -2.11. The van der Waals surface area contributed by atoms with E-state index in [1.54, 1.807) is 24.0 Å². The van der Waals surface area contributed by atoms with Gasteiger partial charge in [0.15, 0.2) is 9.84 Å². The molecule has 0 radical (unpaired) electrons. The van der Waals surface area contributed by atoms with E-state index in [0.29, 0.717) is 5.69 Å². The molecule has 1 aromatic carbocycles. The van der Waals surface area contributed by atoms with Gasteiger partial charge in [-0.05, 0) is 30.3 Å². The fourth-order valence-corrected chi connectivity index (χ4v) is 2.91. The highest BCUT2D eigenvalue weighted by Crippen LogP contribution is 2.16. The minimum atomic E-state index is -3.47. The highest BCUT2D eigenvalue weighted by Gasteiger charge is 2.17. The third-order valence-corrected chi connectivity index (χ3v) is 4.27. The number of carbonyl (C=O) groups is 1. The van der Waals surface area contributed by atoms with Crippen molar-refractivity contribution in [2.24, 2.45) is 12.8 Å². The van der Waals surface area contributed by atoms with Crippen molar-refractivity contribution < 1.29 is 13.2 Å². The standard InChI is InChI=1S/C12H13N3O3S/c1-15-7-6-10(14-15)8-19(17,18)11-4-2-9(3-5-11)12(13)16/h2-7H,8H2,1H3,(H2,13,16). The third-order valence-electron chi connectivity index (χ3n) is 2.60. The molecule has 0 aliphatic carbocycles. The van der Waals surface area contributed by atoms with Gasteiger partial charge in [-0.15, -0.1) is 0 Å². The van der Waals surface area contributed by atoms with E-state index in [1.165, 1.54) is 24.3 Å². The number of primary amides is 1. The van der Waals surface area contributed by atoms with E-state index >= 15 is 0 Å². The Morgan fingerprint density at radius 3 is 2.37 bits per heavy atom. The Kier molecular flexibility index (Phi) is 3.39. The molecular formula is C12H13N3O3S. The second kappa shape index (κ2) is 4.85. The lowest BCUT2D eigenvalue weighted by molar-refractivity contribution is 0.1000. The number of aryl methyl sites for hydroxylation is 1. The first kappa shape index (κ1) is 13.3. The maximum atomic E-state index is 12.1. The van der Waals surface area contributed by atoms with E-state index in [1.807, 2.05) is 0 Å². The molecule has 0 aliphatic rings. The molecule has 2 N–H and O–H groups in total. The molecule has 0 bridgehead atoms. The fourth-order valence-electron chi connectivity index (χ4n) is 1.64. The van der Waals surface area contributed by atoms with Gasteiger partial charge in [-0.1, -0.05) is 0 Å². The molecule has 6 nitrogen and oxygen atoms in total. The summed E-state index contributed by atoms with van der Waals surface area (Å²) < 4.78 is 25.8. The molecule has 19 heavy (non-hydrogen) atoms. The van der Waals surface area contributed by atoms with Crippen LogP contribution in [-0.4, -0.2) is 24.1 Å². The van der Waals surface area contributed by atoms with Gasteiger partial charge in [0, 0.05) is 18.8 Å². The average molecular weight is 279 g/mol. The smallest absolute Gasteiger partial charge is 0.248 e. The predicted molar refractivity (Wildman–Crippen MR) is 69.1 cm³/mol. The normalized spacial score (nSPS) is 11.4. The van der Waals surface area contributed by atoms with Gasteiger partial charge < -0.3 is 5.73 Å². The van der Waals surface area contributed by atoms with Crippen LogP contribution >= 0.6 is 0 Å². The van der Waals surface area contributed by atoms with Crippen molar-refractivity contribution in [1.29, 1.82) is 0 Å². The first-order chi connectivity index (χ1) is 8.88. The van der Waals surface area contributed by atoms with Gasteiger partial charge in [0.25, 0.3) is 0 Å². The first-order valence-electron chi connectivity index (χ1n) is 5.49. The number of hydrogen-bond acceptors (Lipinski definition) is 4. The number of rotatable bonds is 4. The van der Waals surface area contributed by atoms with Crippen molar-refractivity contribution in [2.45, 2.75) is 10.6 Å². The van der Waals surface area contributed by atoms with Crippen LogP contribution in [0.4, 0.5) is 0 Å². The SMILES string of the molecule is Cn1ccc(CS(=O)(=O)c2ccc(C(N)=O)cc2)n1. The van der Waals surface area contributed by atoms with Crippen molar-refractivity contribution in [3.05, 3.63) is 47.8 Å². The van der Waals surface area contributed by atoms with E-state index in [2.05, 4.69) is 5.10 Å². The molecule has 0 unspecified atom stereocenters. The van der Waals surface area contributed by atoms with E-state index in [9.17, 15) is 13.2 Å². The van der Waals surface area contributed by atoms with Gasteiger partial charge in [-0.2, -0.15) is 5.10 Å². The lowest BCUT2D eigenvalue weighted by Gasteiger charge is -2.03. The van der Waals surface area contributed by atoms with Crippen LogP contribution in [0.2, 0.25) is 0 Å². The quantitative estimate of drug-likeness (QED) is 0.881. The van der Waals surface area contributed by atoms with Crippen LogP contribution < -0.4 is 5.73 Å². The zero-order chi connectivity index (χ0) is 14.0. The van der Waals surface area contributed by atoms with E-state index in [-0.39, 0.29) is 16.2 Å². The molecule has 0 saturated heterocycles. The minimum Gasteiger partial charge on any atom is -0.366 e. The number of benzene rings is 1. The van der Waals surface area contributed by atoms with E-state index in [0.717, 1.165) is 0 Å². The third kappa shape index (κ3) is 3.00. The summed E-state index contributed by atoms with van der Waals surface area (Å²) in [6.07, 6.45) is 1.68. The molecule has 1 amide bonds. The molecule has 2 rings (SSSR count). The van der Waals surface area contributed by atoms with Crippen LogP contribution in [0.1, 0.15) is 16.1 Å². The Morgan fingerprint density at radius 2 is 1.89 bits per heavy atom. The molecule has 100 valence electrons. The maximum absolute atomic E-state index is 12.1. The van der Waals surface area contributed by atoms with Crippen LogP contribution in [-0.2, 0) is 22.6 Å². The lowest BCUT2D eigenvalue weighted by atomic mass is 10.2. The van der Waals surface area contributed by atoms with Gasteiger partial charge >= 0.3 is 0 Å². The molecule has 7 heteroatoms. The van der Waals surface area contributed by atoms with Crippen molar-refractivity contribution in [2.75, 3.05) is 0 Å². The van der Waals surface area contributed by atoms with Gasteiger partial charge in [0.1, 0.15) is 0 Å². The zero-order valence-corrected chi connectivity index (χ0v) is 11.1. The summed E-state index contributed by atoms with van der Waals surface area (Å²) in [5.41, 5.74) is 5.85. The van der Waals surface area contributed by atoms with Crippen LogP contribution in [0.25, 0.3) is 0 Å². The second-order valence-corrected chi connectivity index (χ2v) is 6.12. The van der Waals surface area contributed by atoms with Crippen molar-refractivity contribution in [3.63, 3.8) is 0 Å². The van der Waals surface area contributed by atoms with Gasteiger partial charge in [-0.25, -0.2) is 8.42 Å². The Morgan fingerprint density at radius 1 is 1.26 bits per heavy atom. The Labute approximate surface area is 110 Å². The topological polar surface area (TPSA) is 95.0 Å². The molecule has 0 aliphatic heterocycles. The number of aromatic nitrogens is 2. The highest BCUT2D eigenvalue weighted by molar-refractivity contribution is 7.90. The number of nitrogens with two attached hydrogens (primary N) is 1. The van der Waals surface area contributed by atoms with E-state index < -0.39 is 15.7 Å². The molecule has 0 spiro atoms. The van der Waals surface area contributed by atoms with Crippen LogP contribution in [0, 0.1) is 0 Å². The molecule has 0 fully saturated rings. The van der Waals surface area contributed by atoms with Crippen LogP contribution in [0.3, 0.4) is 0 Å². The summed E-state index contributed by atoms with van der Waals surface area (Å²) >= 11 is 0. The van der Waals surface area contributed by atoms with Gasteiger partial charge in [-0.3, -0.25) is 9.48 Å². The predicted octanol–water partition coefficient (Wildman–Crippen LogP) is 0.493. The van der Waals surface area contributed by atoms with E-state index in [4.69, 9.17) is 5.73 Å².